The topological polar surface area (TPSA) is 98.0 Å². The van der Waals surface area contributed by atoms with Crippen LogP contribution in [-0.2, 0) is 7.05 Å². The van der Waals surface area contributed by atoms with Crippen LogP contribution in [0.4, 0.5) is 11.8 Å². The molecule has 9 heteroatoms. The molecule has 34 heavy (non-hydrogen) atoms. The van der Waals surface area contributed by atoms with Crippen molar-refractivity contribution in [3.8, 4) is 5.75 Å². The number of aryl methyl sites for hydroxylation is 2. The molecule has 1 aromatic carbocycles. The van der Waals surface area contributed by atoms with E-state index in [1.54, 1.807) is 19.2 Å². The molecule has 0 unspecified atom stereocenters. The number of anilines is 1. The molecule has 0 atom stereocenters. The number of ether oxygens (including phenoxy) is 1. The number of oxazole rings is 1. The van der Waals surface area contributed by atoms with Gasteiger partial charge in [0.15, 0.2) is 11.1 Å². The minimum atomic E-state index is -0.183. The summed E-state index contributed by atoms with van der Waals surface area (Å²) in [6.45, 7) is 10.6. The fraction of sp³-hybridized carbons (Fsp3) is 0.280. The van der Waals surface area contributed by atoms with Crippen molar-refractivity contribution in [2.75, 3.05) is 31.2 Å². The first-order chi connectivity index (χ1) is 16.5. The van der Waals surface area contributed by atoms with Crippen LogP contribution in [0.25, 0.3) is 32.6 Å². The van der Waals surface area contributed by atoms with Crippen LogP contribution in [0.2, 0.25) is 0 Å². The van der Waals surface area contributed by atoms with Gasteiger partial charge in [0.05, 0.1) is 12.1 Å². The molecule has 4 aromatic rings. The molecule has 9 nitrogen and oxygen atoms in total. The summed E-state index contributed by atoms with van der Waals surface area (Å²) >= 11 is 0. The van der Waals surface area contributed by atoms with Crippen molar-refractivity contribution in [2.45, 2.75) is 13.3 Å². The number of fused-ring (bicyclic) bond motifs is 2. The third kappa shape index (κ3) is 3.78. The van der Waals surface area contributed by atoms with Crippen LogP contribution < -0.4 is 15.2 Å². The van der Waals surface area contributed by atoms with E-state index < -0.39 is 0 Å². The number of aliphatic hydroxyl groups is 1. The molecule has 1 N–H and O–H groups in total. The van der Waals surface area contributed by atoms with Gasteiger partial charge in [0, 0.05) is 31.8 Å². The zero-order valence-corrected chi connectivity index (χ0v) is 18.9. The standard InChI is InChI=1S/C25H23N5O4/c1-15-4-5-20-18(12-15)27-25(34-20)30-8-6-16(7-9-30)17-13-22(32)29(3)19-14-21(33-11-10-31)24(26-2)28-23(17)19/h4-6,12-14,31H,7-11H2,1,3H3. The molecule has 0 saturated carbocycles. The maximum absolute atomic E-state index is 12.7. The van der Waals surface area contributed by atoms with Gasteiger partial charge in [0.25, 0.3) is 11.6 Å². The average Bonchev–Trinajstić information content (AvgIpc) is 3.28. The van der Waals surface area contributed by atoms with Gasteiger partial charge in [-0.25, -0.2) is 0 Å². The Bertz CT molecular complexity index is 1540. The van der Waals surface area contributed by atoms with Gasteiger partial charge < -0.3 is 28.6 Å². The predicted molar refractivity (Wildman–Crippen MR) is 129 cm³/mol. The molecule has 0 aliphatic carbocycles. The first-order valence-electron chi connectivity index (χ1n) is 11.0. The van der Waals surface area contributed by atoms with E-state index in [0.717, 1.165) is 22.2 Å². The van der Waals surface area contributed by atoms with Gasteiger partial charge in [0.2, 0.25) is 0 Å². The molecular formula is C25H23N5O4. The zero-order valence-electron chi connectivity index (χ0n) is 18.9. The summed E-state index contributed by atoms with van der Waals surface area (Å²) in [6.07, 6.45) is 2.71. The minimum Gasteiger partial charge on any atom is -0.500 e. The van der Waals surface area contributed by atoms with Gasteiger partial charge in [-0.2, -0.15) is 4.98 Å². The fourth-order valence-corrected chi connectivity index (χ4v) is 4.17. The maximum Gasteiger partial charge on any atom is 0.312 e. The molecule has 0 saturated heterocycles. The molecular weight excluding hydrogens is 434 g/mol. The lowest BCUT2D eigenvalue weighted by Crippen LogP contribution is -2.29. The Hall–Kier alpha value is -4.16. The van der Waals surface area contributed by atoms with Crippen molar-refractivity contribution < 1.29 is 14.3 Å². The number of aromatic nitrogens is 3. The Balaban J connectivity index is 1.52. The Labute approximate surface area is 195 Å². The number of hydrogen-bond acceptors (Lipinski definition) is 7. The zero-order chi connectivity index (χ0) is 23.8. The van der Waals surface area contributed by atoms with Crippen LogP contribution in [0.15, 0.2) is 45.6 Å². The van der Waals surface area contributed by atoms with Gasteiger partial charge in [-0.05, 0) is 42.7 Å². The SMILES string of the molecule is [C-]#[N+]c1nc2c(C3=CCN(c4nc5cc(C)ccc5o4)CC3)cc(=O)n(C)c2cc1OCCO. The Morgan fingerprint density at radius 3 is 2.85 bits per heavy atom. The van der Waals surface area contributed by atoms with Crippen LogP contribution in [0.1, 0.15) is 17.5 Å². The van der Waals surface area contributed by atoms with E-state index in [9.17, 15) is 4.79 Å². The van der Waals surface area contributed by atoms with Crippen molar-refractivity contribution in [1.29, 1.82) is 0 Å². The highest BCUT2D eigenvalue weighted by Crippen LogP contribution is 2.34. The summed E-state index contributed by atoms with van der Waals surface area (Å²) in [5.74, 6) is 0.347. The maximum atomic E-state index is 12.7. The highest BCUT2D eigenvalue weighted by molar-refractivity contribution is 5.91. The van der Waals surface area contributed by atoms with Crippen molar-refractivity contribution in [3.05, 3.63) is 69.3 Å². The third-order valence-electron chi connectivity index (χ3n) is 5.98. The van der Waals surface area contributed by atoms with Crippen LogP contribution >= 0.6 is 0 Å². The number of nitrogens with zero attached hydrogens (tertiary/aromatic N) is 5. The Morgan fingerprint density at radius 1 is 1.26 bits per heavy atom. The minimum absolute atomic E-state index is 0.0414. The molecule has 5 rings (SSSR count). The first kappa shape index (κ1) is 21.7. The molecule has 0 bridgehead atoms. The molecule has 1 aliphatic heterocycles. The summed E-state index contributed by atoms with van der Waals surface area (Å²) in [6, 6.07) is 9.71. The second-order valence-corrected chi connectivity index (χ2v) is 8.21. The van der Waals surface area contributed by atoms with Gasteiger partial charge >= 0.3 is 5.82 Å². The summed E-state index contributed by atoms with van der Waals surface area (Å²) in [7, 11) is 1.66. The number of aliphatic hydroxyl groups excluding tert-OH is 1. The van der Waals surface area contributed by atoms with E-state index in [2.05, 4.69) is 19.7 Å². The van der Waals surface area contributed by atoms with Crippen molar-refractivity contribution >= 4 is 39.5 Å². The molecule has 172 valence electrons. The van der Waals surface area contributed by atoms with Crippen LogP contribution in [0.5, 0.6) is 5.75 Å². The lowest BCUT2D eigenvalue weighted by molar-refractivity contribution is 0.202. The summed E-state index contributed by atoms with van der Waals surface area (Å²) in [5, 5.41) is 9.07. The predicted octanol–water partition coefficient (Wildman–Crippen LogP) is 3.60. The van der Waals surface area contributed by atoms with E-state index >= 15 is 0 Å². The monoisotopic (exact) mass is 457 g/mol. The third-order valence-corrected chi connectivity index (χ3v) is 5.98. The molecule has 0 amide bonds. The summed E-state index contributed by atoms with van der Waals surface area (Å²) in [4.78, 5) is 27.4. The molecule has 0 fully saturated rings. The second kappa shape index (κ2) is 8.65. The summed E-state index contributed by atoms with van der Waals surface area (Å²) < 4.78 is 12.9. The van der Waals surface area contributed by atoms with Gasteiger partial charge in [-0.15, -0.1) is 4.98 Å². The van der Waals surface area contributed by atoms with Crippen molar-refractivity contribution in [1.82, 2.24) is 14.5 Å². The van der Waals surface area contributed by atoms with E-state index in [1.807, 2.05) is 31.2 Å². The lowest BCUT2D eigenvalue weighted by atomic mass is 9.98. The normalized spacial score (nSPS) is 13.8. The van der Waals surface area contributed by atoms with Crippen LogP contribution in [-0.4, -0.2) is 45.9 Å². The molecule has 0 radical (unpaired) electrons. The Morgan fingerprint density at radius 2 is 2.12 bits per heavy atom. The number of pyridine rings is 2. The van der Waals surface area contributed by atoms with Crippen LogP contribution in [0, 0.1) is 13.5 Å². The lowest BCUT2D eigenvalue weighted by Gasteiger charge is -2.25. The van der Waals surface area contributed by atoms with E-state index in [1.165, 1.54) is 4.57 Å². The van der Waals surface area contributed by atoms with E-state index in [-0.39, 0.29) is 30.3 Å². The molecule has 0 spiro atoms. The quantitative estimate of drug-likeness (QED) is 0.457. The largest absolute Gasteiger partial charge is 0.500 e. The van der Waals surface area contributed by atoms with E-state index in [4.69, 9.17) is 20.8 Å². The van der Waals surface area contributed by atoms with Crippen molar-refractivity contribution in [2.24, 2.45) is 7.05 Å². The highest BCUT2D eigenvalue weighted by Gasteiger charge is 2.23. The smallest absolute Gasteiger partial charge is 0.312 e. The van der Waals surface area contributed by atoms with Gasteiger partial charge in [-0.1, -0.05) is 18.7 Å². The van der Waals surface area contributed by atoms with E-state index in [0.29, 0.717) is 42.1 Å². The number of rotatable bonds is 5. The van der Waals surface area contributed by atoms with Gasteiger partial charge in [0.1, 0.15) is 17.9 Å². The van der Waals surface area contributed by atoms with Crippen molar-refractivity contribution in [3.63, 3.8) is 0 Å². The second-order valence-electron chi connectivity index (χ2n) is 8.21. The molecule has 1 aliphatic rings. The Kier molecular flexibility index (Phi) is 5.51. The highest BCUT2D eigenvalue weighted by atomic mass is 16.5. The molecule has 4 heterocycles. The fourth-order valence-electron chi connectivity index (χ4n) is 4.17. The van der Waals surface area contributed by atoms with Crippen LogP contribution in [0.3, 0.4) is 0 Å². The first-order valence-corrected chi connectivity index (χ1v) is 11.0. The number of hydrogen-bond donors (Lipinski definition) is 1. The summed E-state index contributed by atoms with van der Waals surface area (Å²) in [5.41, 5.74) is 5.37. The van der Waals surface area contributed by atoms with Gasteiger partial charge in [-0.3, -0.25) is 4.79 Å². The number of benzene rings is 1. The molecule has 3 aromatic heterocycles. The average molecular weight is 457 g/mol.